The molecule has 0 saturated carbocycles. The number of rotatable bonds is 4. The zero-order valence-corrected chi connectivity index (χ0v) is 13.0. The van der Waals surface area contributed by atoms with Gasteiger partial charge in [-0.3, -0.25) is 9.36 Å². The number of benzene rings is 2. The quantitative estimate of drug-likeness (QED) is 0.593. The fraction of sp³-hybridized carbons (Fsp3) is 0.0556. The third-order valence-electron chi connectivity index (χ3n) is 3.53. The SMILES string of the molecule is Cc1ccccc1C=NNC(=O)c1cncn1-c1ccc(F)cc1. The van der Waals surface area contributed by atoms with Gasteiger partial charge in [0.15, 0.2) is 0 Å². The summed E-state index contributed by atoms with van der Waals surface area (Å²) in [6.45, 7) is 1.97. The molecule has 0 unspecified atom stereocenters. The summed E-state index contributed by atoms with van der Waals surface area (Å²) in [6.07, 6.45) is 4.51. The molecule has 0 aliphatic carbocycles. The van der Waals surface area contributed by atoms with E-state index in [0.717, 1.165) is 11.1 Å². The van der Waals surface area contributed by atoms with Crippen LogP contribution in [0, 0.1) is 12.7 Å². The Balaban J connectivity index is 1.76. The predicted octanol–water partition coefficient (Wildman–Crippen LogP) is 3.08. The summed E-state index contributed by atoms with van der Waals surface area (Å²) >= 11 is 0. The van der Waals surface area contributed by atoms with Gasteiger partial charge in [-0.25, -0.2) is 14.8 Å². The van der Waals surface area contributed by atoms with Crippen molar-refractivity contribution in [3.8, 4) is 5.69 Å². The Hall–Kier alpha value is -3.28. The molecule has 0 fully saturated rings. The fourth-order valence-corrected chi connectivity index (χ4v) is 2.22. The van der Waals surface area contributed by atoms with Gasteiger partial charge in [-0.2, -0.15) is 5.10 Å². The van der Waals surface area contributed by atoms with Crippen molar-refractivity contribution in [1.29, 1.82) is 0 Å². The number of imidazole rings is 1. The average molecular weight is 322 g/mol. The highest BCUT2D eigenvalue weighted by Gasteiger charge is 2.12. The standard InChI is InChI=1S/C18H15FN4O/c1-13-4-2-3-5-14(13)10-21-22-18(24)17-11-20-12-23(17)16-8-6-15(19)7-9-16/h2-12H,1H3,(H,22,24). The Labute approximate surface area is 138 Å². The molecule has 6 heteroatoms. The van der Waals surface area contributed by atoms with Crippen LogP contribution in [-0.4, -0.2) is 21.7 Å². The summed E-state index contributed by atoms with van der Waals surface area (Å²) in [5.74, 6) is -0.741. The number of hydrazone groups is 1. The lowest BCUT2D eigenvalue weighted by Gasteiger charge is -2.06. The molecule has 1 N–H and O–H groups in total. The first-order valence-electron chi connectivity index (χ1n) is 7.32. The van der Waals surface area contributed by atoms with E-state index in [1.807, 2.05) is 31.2 Å². The first kappa shape index (κ1) is 15.6. The fourth-order valence-electron chi connectivity index (χ4n) is 2.22. The highest BCUT2D eigenvalue weighted by atomic mass is 19.1. The molecule has 0 aliphatic heterocycles. The zero-order chi connectivity index (χ0) is 16.9. The van der Waals surface area contributed by atoms with Crippen LogP contribution in [0.15, 0.2) is 66.2 Å². The molecule has 1 aromatic heterocycles. The maximum atomic E-state index is 13.0. The third-order valence-corrected chi connectivity index (χ3v) is 3.53. The van der Waals surface area contributed by atoms with Crippen LogP contribution < -0.4 is 5.43 Å². The van der Waals surface area contributed by atoms with E-state index >= 15 is 0 Å². The van der Waals surface area contributed by atoms with Gasteiger partial charge in [0, 0.05) is 5.69 Å². The normalized spacial score (nSPS) is 10.9. The van der Waals surface area contributed by atoms with E-state index in [0.29, 0.717) is 11.4 Å². The van der Waals surface area contributed by atoms with Crippen molar-refractivity contribution >= 4 is 12.1 Å². The molecule has 0 spiro atoms. The van der Waals surface area contributed by atoms with Crippen molar-refractivity contribution in [2.24, 2.45) is 5.10 Å². The van der Waals surface area contributed by atoms with E-state index in [1.54, 1.807) is 22.9 Å². The lowest BCUT2D eigenvalue weighted by atomic mass is 10.1. The highest BCUT2D eigenvalue weighted by Crippen LogP contribution is 2.12. The minimum absolute atomic E-state index is 0.309. The van der Waals surface area contributed by atoms with Gasteiger partial charge >= 0.3 is 0 Å². The van der Waals surface area contributed by atoms with E-state index in [1.165, 1.54) is 24.7 Å². The Kier molecular flexibility index (Phi) is 4.47. The minimum atomic E-state index is -0.401. The number of nitrogens with zero attached hydrogens (tertiary/aromatic N) is 3. The summed E-state index contributed by atoms with van der Waals surface area (Å²) in [6, 6.07) is 13.5. The van der Waals surface area contributed by atoms with E-state index in [-0.39, 0.29) is 5.82 Å². The predicted molar refractivity (Wildman–Crippen MR) is 89.8 cm³/mol. The monoisotopic (exact) mass is 322 g/mol. The number of amides is 1. The van der Waals surface area contributed by atoms with Gasteiger partial charge < -0.3 is 0 Å². The van der Waals surface area contributed by atoms with Gasteiger partial charge in [0.1, 0.15) is 11.5 Å². The average Bonchev–Trinajstić information content (AvgIpc) is 3.07. The van der Waals surface area contributed by atoms with Crippen LogP contribution in [0.4, 0.5) is 4.39 Å². The van der Waals surface area contributed by atoms with Crippen LogP contribution in [0.5, 0.6) is 0 Å². The van der Waals surface area contributed by atoms with Gasteiger partial charge in [0.2, 0.25) is 0 Å². The summed E-state index contributed by atoms with van der Waals surface area (Å²) in [5.41, 5.74) is 5.41. The second-order valence-corrected chi connectivity index (χ2v) is 5.18. The number of hydrogen-bond acceptors (Lipinski definition) is 3. The van der Waals surface area contributed by atoms with Crippen molar-refractivity contribution in [3.63, 3.8) is 0 Å². The number of nitrogens with one attached hydrogen (secondary N) is 1. The second-order valence-electron chi connectivity index (χ2n) is 5.18. The van der Waals surface area contributed by atoms with Crippen molar-refractivity contribution in [2.75, 3.05) is 0 Å². The van der Waals surface area contributed by atoms with Crippen LogP contribution in [0.1, 0.15) is 21.6 Å². The van der Waals surface area contributed by atoms with Crippen molar-refractivity contribution in [1.82, 2.24) is 15.0 Å². The second kappa shape index (κ2) is 6.87. The summed E-state index contributed by atoms with van der Waals surface area (Å²) in [7, 11) is 0. The number of aromatic nitrogens is 2. The number of aryl methyl sites for hydroxylation is 1. The van der Waals surface area contributed by atoms with Crippen LogP contribution in [0.25, 0.3) is 5.69 Å². The highest BCUT2D eigenvalue weighted by molar-refractivity contribution is 5.93. The van der Waals surface area contributed by atoms with Gasteiger partial charge in [-0.1, -0.05) is 24.3 Å². The summed E-state index contributed by atoms with van der Waals surface area (Å²) in [4.78, 5) is 16.3. The Morgan fingerprint density at radius 1 is 1.21 bits per heavy atom. The molecular weight excluding hydrogens is 307 g/mol. The molecule has 0 aliphatic rings. The third kappa shape index (κ3) is 3.38. The molecule has 0 atom stereocenters. The van der Waals surface area contributed by atoms with E-state index in [2.05, 4.69) is 15.5 Å². The number of halogens is 1. The largest absolute Gasteiger partial charge is 0.295 e. The molecular formula is C18H15FN4O. The molecule has 120 valence electrons. The van der Waals surface area contributed by atoms with Crippen LogP contribution in [0.3, 0.4) is 0 Å². The van der Waals surface area contributed by atoms with Crippen molar-refractivity contribution in [3.05, 3.63) is 83.7 Å². The number of carbonyl (C=O) groups excluding carboxylic acids is 1. The van der Waals surface area contributed by atoms with Gasteiger partial charge in [-0.05, 0) is 42.3 Å². The molecule has 1 heterocycles. The summed E-state index contributed by atoms with van der Waals surface area (Å²) < 4.78 is 14.6. The molecule has 0 saturated heterocycles. The maximum absolute atomic E-state index is 13.0. The van der Waals surface area contributed by atoms with Crippen molar-refractivity contribution < 1.29 is 9.18 Å². The molecule has 0 bridgehead atoms. The van der Waals surface area contributed by atoms with E-state index in [9.17, 15) is 9.18 Å². The van der Waals surface area contributed by atoms with Crippen LogP contribution in [0.2, 0.25) is 0 Å². The summed E-state index contributed by atoms with van der Waals surface area (Å²) in [5, 5.41) is 3.98. The zero-order valence-electron chi connectivity index (χ0n) is 13.0. The Bertz CT molecular complexity index is 884. The molecule has 24 heavy (non-hydrogen) atoms. The van der Waals surface area contributed by atoms with Crippen LogP contribution in [-0.2, 0) is 0 Å². The topological polar surface area (TPSA) is 59.3 Å². The van der Waals surface area contributed by atoms with E-state index < -0.39 is 5.91 Å². The molecule has 0 radical (unpaired) electrons. The number of carbonyl (C=O) groups is 1. The van der Waals surface area contributed by atoms with Crippen LogP contribution >= 0.6 is 0 Å². The van der Waals surface area contributed by atoms with Gasteiger partial charge in [0.25, 0.3) is 5.91 Å². The lowest BCUT2D eigenvalue weighted by Crippen LogP contribution is -2.20. The maximum Gasteiger partial charge on any atom is 0.289 e. The minimum Gasteiger partial charge on any atom is -0.295 e. The smallest absolute Gasteiger partial charge is 0.289 e. The molecule has 2 aromatic carbocycles. The molecule has 3 rings (SSSR count). The van der Waals surface area contributed by atoms with E-state index in [4.69, 9.17) is 0 Å². The van der Waals surface area contributed by atoms with Crippen molar-refractivity contribution in [2.45, 2.75) is 6.92 Å². The Morgan fingerprint density at radius 3 is 2.71 bits per heavy atom. The van der Waals surface area contributed by atoms with Gasteiger partial charge in [0.05, 0.1) is 18.7 Å². The van der Waals surface area contributed by atoms with Gasteiger partial charge in [-0.15, -0.1) is 0 Å². The number of hydrogen-bond donors (Lipinski definition) is 1. The molecule has 3 aromatic rings. The Morgan fingerprint density at radius 2 is 1.96 bits per heavy atom. The first-order chi connectivity index (χ1) is 11.6. The molecule has 1 amide bonds. The lowest BCUT2D eigenvalue weighted by molar-refractivity contribution is 0.0948. The molecule has 5 nitrogen and oxygen atoms in total. The first-order valence-corrected chi connectivity index (χ1v) is 7.32.